The van der Waals surface area contributed by atoms with Crippen LogP contribution in [0.1, 0.15) is 32.8 Å². The summed E-state index contributed by atoms with van der Waals surface area (Å²) in [6.45, 7) is 5.22. The molecular weight excluding hydrogens is 312 g/mol. The first-order valence-corrected chi connectivity index (χ1v) is 7.62. The molecule has 1 atom stereocenters. The molecule has 7 nitrogen and oxygen atoms in total. The molecule has 2 amide bonds. The highest BCUT2D eigenvalue weighted by molar-refractivity contribution is 5.89. The molecule has 2 N–H and O–H groups in total. The lowest BCUT2D eigenvalue weighted by molar-refractivity contribution is -0.147. The minimum atomic E-state index is -1.06. The van der Waals surface area contributed by atoms with Gasteiger partial charge < -0.3 is 20.1 Å². The van der Waals surface area contributed by atoms with E-state index >= 15 is 0 Å². The molecule has 1 aromatic carbocycles. The van der Waals surface area contributed by atoms with Crippen LogP contribution in [0.3, 0.4) is 0 Å². The molecule has 1 aromatic rings. The largest absolute Gasteiger partial charge is 0.461 e. The number of nitrogens with one attached hydrogen (secondary N) is 2. The smallest absolute Gasteiger partial charge is 0.408 e. The maximum Gasteiger partial charge on any atom is 0.408 e. The van der Waals surface area contributed by atoms with Gasteiger partial charge in [-0.1, -0.05) is 30.3 Å². The molecule has 0 aliphatic rings. The van der Waals surface area contributed by atoms with E-state index in [1.165, 1.54) is 7.05 Å². The zero-order chi connectivity index (χ0) is 18.2. The number of carbonyl (C=O) groups is 3. The van der Waals surface area contributed by atoms with Crippen LogP contribution in [0.2, 0.25) is 0 Å². The van der Waals surface area contributed by atoms with Gasteiger partial charge in [-0.05, 0) is 26.3 Å². The van der Waals surface area contributed by atoms with E-state index in [4.69, 9.17) is 9.47 Å². The number of hydrogen-bond donors (Lipinski definition) is 2. The van der Waals surface area contributed by atoms with Crippen molar-refractivity contribution < 1.29 is 23.9 Å². The van der Waals surface area contributed by atoms with Crippen LogP contribution in [0.5, 0.6) is 0 Å². The molecule has 0 aromatic heterocycles. The second-order valence-electron chi connectivity index (χ2n) is 6.16. The first kappa shape index (κ1) is 19.5. The van der Waals surface area contributed by atoms with Gasteiger partial charge in [0.1, 0.15) is 18.2 Å². The van der Waals surface area contributed by atoms with E-state index in [1.54, 1.807) is 20.8 Å². The van der Waals surface area contributed by atoms with Gasteiger partial charge in [-0.15, -0.1) is 0 Å². The summed E-state index contributed by atoms with van der Waals surface area (Å²) < 4.78 is 10.2. The summed E-state index contributed by atoms with van der Waals surface area (Å²) in [5.74, 6) is -1.10. The Balaban J connectivity index is 2.57. The van der Waals surface area contributed by atoms with Crippen molar-refractivity contribution in [3.63, 3.8) is 0 Å². The number of rotatable bonds is 6. The average Bonchev–Trinajstić information content (AvgIpc) is 2.50. The lowest BCUT2D eigenvalue weighted by Gasteiger charge is -2.22. The van der Waals surface area contributed by atoms with E-state index in [-0.39, 0.29) is 13.0 Å². The standard InChI is InChI=1S/C17H24N2O5/c1-17(2,3)24-16(22)19-13(15(21)18-4)10-14(20)23-11-12-8-6-5-7-9-12/h5-9,13H,10-11H2,1-4H3,(H,18,21)(H,19,22)/t13-/m0/s1. The maximum absolute atomic E-state index is 11.9. The first-order chi connectivity index (χ1) is 11.2. The van der Waals surface area contributed by atoms with E-state index in [0.29, 0.717) is 0 Å². The van der Waals surface area contributed by atoms with Gasteiger partial charge in [0.2, 0.25) is 5.91 Å². The van der Waals surface area contributed by atoms with Crippen LogP contribution in [0.4, 0.5) is 4.79 Å². The molecule has 0 aliphatic carbocycles. The van der Waals surface area contributed by atoms with E-state index in [0.717, 1.165) is 5.56 Å². The quantitative estimate of drug-likeness (QED) is 0.772. The summed E-state index contributed by atoms with van der Waals surface area (Å²) >= 11 is 0. The molecule has 0 radical (unpaired) electrons. The van der Waals surface area contributed by atoms with Gasteiger partial charge in [-0.2, -0.15) is 0 Å². The molecule has 0 spiro atoms. The number of esters is 1. The summed E-state index contributed by atoms with van der Waals surface area (Å²) in [4.78, 5) is 35.5. The van der Waals surface area contributed by atoms with E-state index in [2.05, 4.69) is 10.6 Å². The van der Waals surface area contributed by atoms with Gasteiger partial charge in [0.05, 0.1) is 6.42 Å². The molecule has 0 saturated carbocycles. The molecule has 0 unspecified atom stereocenters. The number of carbonyl (C=O) groups excluding carboxylic acids is 3. The number of ether oxygens (including phenoxy) is 2. The van der Waals surface area contributed by atoms with Crippen molar-refractivity contribution in [1.29, 1.82) is 0 Å². The third-order valence-electron chi connectivity index (χ3n) is 2.87. The Bertz CT molecular complexity index is 566. The lowest BCUT2D eigenvalue weighted by Crippen LogP contribution is -2.48. The summed E-state index contributed by atoms with van der Waals surface area (Å²) in [6.07, 6.45) is -1.06. The molecule has 0 bridgehead atoms. The van der Waals surface area contributed by atoms with Crippen LogP contribution < -0.4 is 10.6 Å². The predicted octanol–water partition coefficient (Wildman–Crippen LogP) is 1.76. The third-order valence-corrected chi connectivity index (χ3v) is 2.87. The van der Waals surface area contributed by atoms with Gasteiger partial charge in [0.25, 0.3) is 0 Å². The molecule has 0 saturated heterocycles. The zero-order valence-corrected chi connectivity index (χ0v) is 14.4. The fourth-order valence-corrected chi connectivity index (χ4v) is 1.80. The average molecular weight is 336 g/mol. The van der Waals surface area contributed by atoms with Crippen LogP contribution in [0.15, 0.2) is 30.3 Å². The Morgan fingerprint density at radius 3 is 2.29 bits per heavy atom. The van der Waals surface area contributed by atoms with Crippen molar-refractivity contribution in [3.05, 3.63) is 35.9 Å². The van der Waals surface area contributed by atoms with Crippen LogP contribution in [0.25, 0.3) is 0 Å². The van der Waals surface area contributed by atoms with Crippen molar-refractivity contribution in [3.8, 4) is 0 Å². The second kappa shape index (κ2) is 8.90. The number of amides is 2. The Morgan fingerprint density at radius 1 is 1.12 bits per heavy atom. The van der Waals surface area contributed by atoms with Crippen molar-refractivity contribution in [1.82, 2.24) is 10.6 Å². The maximum atomic E-state index is 11.9. The normalized spacial score (nSPS) is 12.0. The van der Waals surface area contributed by atoms with Crippen LogP contribution >= 0.6 is 0 Å². The van der Waals surface area contributed by atoms with Crippen molar-refractivity contribution in [2.75, 3.05) is 7.05 Å². The number of benzene rings is 1. The Hall–Kier alpha value is -2.57. The van der Waals surface area contributed by atoms with E-state index < -0.39 is 29.6 Å². The molecule has 7 heteroatoms. The summed E-state index contributed by atoms with van der Waals surface area (Å²) in [7, 11) is 1.42. The van der Waals surface area contributed by atoms with Gasteiger partial charge in [-0.3, -0.25) is 9.59 Å². The summed E-state index contributed by atoms with van der Waals surface area (Å²) in [5.41, 5.74) is 0.132. The van der Waals surface area contributed by atoms with Gasteiger partial charge >= 0.3 is 12.1 Å². The fraction of sp³-hybridized carbons (Fsp3) is 0.471. The van der Waals surface area contributed by atoms with Crippen molar-refractivity contribution >= 4 is 18.0 Å². The van der Waals surface area contributed by atoms with E-state index in [9.17, 15) is 14.4 Å². The van der Waals surface area contributed by atoms with Gasteiger partial charge in [-0.25, -0.2) is 4.79 Å². The topological polar surface area (TPSA) is 93.7 Å². The number of hydrogen-bond acceptors (Lipinski definition) is 5. The fourth-order valence-electron chi connectivity index (χ4n) is 1.80. The molecule has 132 valence electrons. The lowest BCUT2D eigenvalue weighted by atomic mass is 10.2. The third kappa shape index (κ3) is 7.62. The van der Waals surface area contributed by atoms with Crippen LogP contribution in [-0.4, -0.2) is 36.7 Å². The first-order valence-electron chi connectivity index (χ1n) is 7.62. The minimum absolute atomic E-state index is 0.104. The predicted molar refractivity (Wildman–Crippen MR) is 88.1 cm³/mol. The van der Waals surface area contributed by atoms with Crippen molar-refractivity contribution in [2.45, 2.75) is 45.4 Å². The Labute approximate surface area is 141 Å². The molecule has 0 fully saturated rings. The Morgan fingerprint density at radius 2 is 1.75 bits per heavy atom. The minimum Gasteiger partial charge on any atom is -0.461 e. The molecule has 1 rings (SSSR count). The van der Waals surface area contributed by atoms with Crippen LogP contribution in [-0.2, 0) is 25.7 Å². The summed E-state index contributed by atoms with van der Waals surface area (Å²) in [5, 5.41) is 4.77. The van der Waals surface area contributed by atoms with Gasteiger partial charge in [0.15, 0.2) is 0 Å². The zero-order valence-electron chi connectivity index (χ0n) is 14.4. The van der Waals surface area contributed by atoms with Gasteiger partial charge in [0, 0.05) is 7.05 Å². The second-order valence-corrected chi connectivity index (χ2v) is 6.16. The highest BCUT2D eigenvalue weighted by Gasteiger charge is 2.26. The number of likely N-dealkylation sites (N-methyl/N-ethyl adjacent to an activating group) is 1. The molecule has 0 aliphatic heterocycles. The summed E-state index contributed by atoms with van der Waals surface area (Å²) in [6, 6.07) is 8.11. The Kier molecular flexibility index (Phi) is 7.23. The molecule has 0 heterocycles. The monoisotopic (exact) mass is 336 g/mol. The van der Waals surface area contributed by atoms with E-state index in [1.807, 2.05) is 30.3 Å². The molecular formula is C17H24N2O5. The van der Waals surface area contributed by atoms with Crippen LogP contribution in [0, 0.1) is 0 Å². The highest BCUT2D eigenvalue weighted by atomic mass is 16.6. The van der Waals surface area contributed by atoms with Crippen molar-refractivity contribution in [2.24, 2.45) is 0 Å². The SMILES string of the molecule is CNC(=O)[C@H](CC(=O)OCc1ccccc1)NC(=O)OC(C)(C)C. The molecule has 24 heavy (non-hydrogen) atoms. The number of alkyl carbamates (subject to hydrolysis) is 1. The highest BCUT2D eigenvalue weighted by Crippen LogP contribution is 2.08.